The van der Waals surface area contributed by atoms with E-state index in [1.807, 2.05) is 41.3 Å². The summed E-state index contributed by atoms with van der Waals surface area (Å²) in [5.41, 5.74) is 1.30. The van der Waals surface area contributed by atoms with Crippen molar-refractivity contribution in [1.82, 2.24) is 9.25 Å². The van der Waals surface area contributed by atoms with E-state index in [9.17, 15) is 13.0 Å². The van der Waals surface area contributed by atoms with Gasteiger partial charge in [0, 0.05) is 11.5 Å². The first-order valence-electron chi connectivity index (χ1n) is 7.51. The van der Waals surface area contributed by atoms with Crippen LogP contribution in [-0.2, 0) is 47.1 Å². The lowest BCUT2D eigenvalue weighted by molar-refractivity contribution is -0.751. The highest BCUT2D eigenvalue weighted by atomic mass is 32.3. The molecule has 2 aromatic heterocycles. The first-order chi connectivity index (χ1) is 11.8. The van der Waals surface area contributed by atoms with Crippen LogP contribution in [0.3, 0.4) is 0 Å². The van der Waals surface area contributed by atoms with Crippen molar-refractivity contribution in [3.63, 3.8) is 0 Å². The van der Waals surface area contributed by atoms with E-state index in [2.05, 4.69) is 47.5 Å². The monoisotopic (exact) mass is 392 g/mol. The average molecular weight is 392 g/mol. The molecular formula is C15H28N4O6S. The lowest BCUT2D eigenvalue weighted by Crippen LogP contribution is -2.35. The molecule has 0 atom stereocenters. The standard InChI is InChI=1S/2C6H11N2.C2H4O2.CH4O4S/c1-6-4-7(2)8(3)5-6;1-3-8-5-4-7(2)6-8;1-2(3)4;1-5-6(2,3)4/h4-5H,1-3H3;4-6H,3H2,1-2H3;1H3,(H,3,4);1H3,(H,2,3,4)/q2*+1;;/p-2. The predicted octanol–water partition coefficient (Wildman–Crippen LogP) is -1.66. The summed E-state index contributed by atoms with van der Waals surface area (Å²) in [5, 5.41) is 8.89. The third-order valence-electron chi connectivity index (χ3n) is 2.67. The molecule has 0 unspecified atom stereocenters. The molecule has 0 aromatic carbocycles. The minimum atomic E-state index is -4.41. The number of nitrogens with zero attached hydrogens (tertiary/aromatic N) is 4. The topological polar surface area (TPSA) is 124 Å². The summed E-state index contributed by atoms with van der Waals surface area (Å²) in [4.78, 5) is 8.89. The number of carboxylic acids is 1. The van der Waals surface area contributed by atoms with Gasteiger partial charge >= 0.3 is 0 Å². The summed E-state index contributed by atoms with van der Waals surface area (Å²) in [5.74, 6) is -1.08. The molecule has 0 saturated carbocycles. The second-order valence-electron chi connectivity index (χ2n) is 5.13. The maximum Gasteiger partial charge on any atom is 0.243 e. The maximum atomic E-state index is 9.22. The molecule has 0 aliphatic heterocycles. The number of aromatic nitrogens is 4. The van der Waals surface area contributed by atoms with Crippen molar-refractivity contribution in [3.8, 4) is 0 Å². The molecule has 0 aliphatic carbocycles. The Morgan fingerprint density at radius 2 is 1.81 bits per heavy atom. The third-order valence-corrected chi connectivity index (χ3v) is 3.08. The number of carboxylic acid groups (broad SMARTS) is 1. The number of hydrogen-bond acceptors (Lipinski definition) is 6. The number of aryl methyl sites for hydroxylation is 5. The van der Waals surface area contributed by atoms with Crippen LogP contribution in [0.1, 0.15) is 19.4 Å². The molecule has 0 fully saturated rings. The van der Waals surface area contributed by atoms with Crippen molar-refractivity contribution >= 4 is 16.4 Å². The predicted molar refractivity (Wildman–Crippen MR) is 90.0 cm³/mol. The third kappa shape index (κ3) is 16.6. The second-order valence-corrected chi connectivity index (χ2v) is 6.28. The fourth-order valence-electron chi connectivity index (χ4n) is 1.49. The summed E-state index contributed by atoms with van der Waals surface area (Å²) in [6, 6.07) is 0. The van der Waals surface area contributed by atoms with E-state index >= 15 is 0 Å². The van der Waals surface area contributed by atoms with Gasteiger partial charge in [0.05, 0.1) is 33.9 Å². The Labute approximate surface area is 154 Å². The van der Waals surface area contributed by atoms with E-state index in [0.29, 0.717) is 0 Å². The quantitative estimate of drug-likeness (QED) is 0.342. The molecule has 2 heterocycles. The van der Waals surface area contributed by atoms with Crippen molar-refractivity contribution in [1.29, 1.82) is 0 Å². The molecule has 26 heavy (non-hydrogen) atoms. The van der Waals surface area contributed by atoms with Crippen molar-refractivity contribution in [3.05, 3.63) is 36.7 Å². The Morgan fingerprint density at radius 3 is 1.92 bits per heavy atom. The van der Waals surface area contributed by atoms with Crippen molar-refractivity contribution in [2.24, 2.45) is 21.1 Å². The van der Waals surface area contributed by atoms with Crippen LogP contribution in [0.5, 0.6) is 0 Å². The Hall–Kier alpha value is -2.24. The van der Waals surface area contributed by atoms with Crippen LogP contribution in [0.4, 0.5) is 0 Å². The van der Waals surface area contributed by atoms with Crippen LogP contribution >= 0.6 is 0 Å². The lowest BCUT2D eigenvalue weighted by atomic mass is 10.4. The largest absolute Gasteiger partial charge is 0.726 e. The van der Waals surface area contributed by atoms with Crippen molar-refractivity contribution in [2.45, 2.75) is 27.3 Å². The fraction of sp³-hybridized carbons (Fsp3) is 0.533. The Morgan fingerprint density at radius 1 is 1.35 bits per heavy atom. The van der Waals surface area contributed by atoms with Gasteiger partial charge in [-0.15, -0.1) is 4.68 Å². The van der Waals surface area contributed by atoms with Gasteiger partial charge < -0.3 is 14.5 Å². The molecule has 0 radical (unpaired) electrons. The van der Waals surface area contributed by atoms with Gasteiger partial charge in [0.2, 0.25) is 16.7 Å². The molecular weight excluding hydrogens is 364 g/mol. The summed E-state index contributed by atoms with van der Waals surface area (Å²) >= 11 is 0. The van der Waals surface area contributed by atoms with Crippen molar-refractivity contribution < 1.29 is 36.3 Å². The van der Waals surface area contributed by atoms with Gasteiger partial charge in [-0.05, 0) is 20.8 Å². The van der Waals surface area contributed by atoms with Crippen LogP contribution in [0, 0.1) is 6.92 Å². The zero-order valence-corrected chi connectivity index (χ0v) is 17.1. The fourth-order valence-corrected chi connectivity index (χ4v) is 1.49. The average Bonchev–Trinajstić information content (AvgIpc) is 3.04. The Balaban J connectivity index is 0. The van der Waals surface area contributed by atoms with Crippen LogP contribution in [0.15, 0.2) is 31.1 Å². The Bertz CT molecular complexity index is 729. The highest BCUT2D eigenvalue weighted by molar-refractivity contribution is 7.80. The van der Waals surface area contributed by atoms with Crippen LogP contribution in [0.2, 0.25) is 0 Å². The van der Waals surface area contributed by atoms with Crippen LogP contribution in [0.25, 0.3) is 0 Å². The number of carbonyl (C=O) groups is 1. The SMILES string of the molecule is CC(=O)[O-].CCn1cc[n+](C)c1.COS(=O)(=O)[O-].Cc1cn(C)[n+](C)c1. The van der Waals surface area contributed by atoms with E-state index < -0.39 is 16.4 Å². The molecule has 0 amide bonds. The number of rotatable bonds is 2. The Kier molecular flexibility index (Phi) is 13.0. The zero-order chi connectivity index (χ0) is 20.9. The summed E-state index contributed by atoms with van der Waals surface area (Å²) in [6.45, 7) is 6.24. The number of aliphatic carboxylic acids is 1. The summed E-state index contributed by atoms with van der Waals surface area (Å²) in [6.07, 6.45) is 10.3. The highest BCUT2D eigenvalue weighted by Gasteiger charge is 1.97. The highest BCUT2D eigenvalue weighted by Crippen LogP contribution is 1.86. The van der Waals surface area contributed by atoms with Gasteiger partial charge in [-0.3, -0.25) is 4.18 Å². The molecule has 150 valence electrons. The maximum absolute atomic E-state index is 9.22. The van der Waals surface area contributed by atoms with Gasteiger partial charge in [-0.25, -0.2) is 17.6 Å². The van der Waals surface area contributed by atoms with E-state index in [1.54, 1.807) is 0 Å². The second kappa shape index (κ2) is 13.0. The molecule has 10 nitrogen and oxygen atoms in total. The van der Waals surface area contributed by atoms with E-state index in [4.69, 9.17) is 9.90 Å². The molecule has 0 aliphatic rings. The first kappa shape index (κ1) is 26.0. The first-order valence-corrected chi connectivity index (χ1v) is 8.84. The van der Waals surface area contributed by atoms with Gasteiger partial charge in [0.15, 0.2) is 13.2 Å². The molecule has 2 aromatic rings. The molecule has 11 heteroatoms. The molecule has 0 saturated heterocycles. The zero-order valence-electron chi connectivity index (χ0n) is 16.2. The minimum Gasteiger partial charge on any atom is -0.726 e. The summed E-state index contributed by atoms with van der Waals surface area (Å²) in [7, 11) is 2.46. The van der Waals surface area contributed by atoms with Gasteiger partial charge in [-0.1, -0.05) is 0 Å². The van der Waals surface area contributed by atoms with Crippen molar-refractivity contribution in [2.75, 3.05) is 7.11 Å². The van der Waals surface area contributed by atoms with Gasteiger partial charge in [0.1, 0.15) is 12.4 Å². The summed E-state index contributed by atoms with van der Waals surface area (Å²) < 4.78 is 39.3. The molecule has 0 bridgehead atoms. The minimum absolute atomic E-state index is 0.808. The smallest absolute Gasteiger partial charge is 0.243 e. The van der Waals surface area contributed by atoms with Crippen LogP contribution < -0.4 is 14.4 Å². The van der Waals surface area contributed by atoms with E-state index in [1.165, 1.54) is 5.56 Å². The van der Waals surface area contributed by atoms with Crippen LogP contribution in [-0.4, -0.2) is 35.3 Å². The van der Waals surface area contributed by atoms with E-state index in [0.717, 1.165) is 20.6 Å². The van der Waals surface area contributed by atoms with Gasteiger partial charge in [-0.2, -0.15) is 4.68 Å². The molecule has 0 spiro atoms. The number of imidazole rings is 1. The van der Waals surface area contributed by atoms with E-state index in [-0.39, 0.29) is 0 Å². The molecule has 2 rings (SSSR count). The van der Waals surface area contributed by atoms with Gasteiger partial charge in [0.25, 0.3) is 0 Å². The normalized spacial score (nSPS) is 9.69. The number of hydrogen-bond donors (Lipinski definition) is 0. The molecule has 0 N–H and O–H groups in total. The number of carbonyl (C=O) groups excluding carboxylic acids is 1. The lowest BCUT2D eigenvalue weighted by Gasteiger charge is -1.98.